The first kappa shape index (κ1) is 14.7. The number of amides is 1. The Morgan fingerprint density at radius 1 is 1.37 bits per heavy atom. The maximum atomic E-state index is 11.6. The molecule has 19 heavy (non-hydrogen) atoms. The van der Waals surface area contributed by atoms with Crippen LogP contribution in [-0.2, 0) is 14.3 Å². The Hall–Kier alpha value is -2.38. The molecule has 1 amide bonds. The summed E-state index contributed by atoms with van der Waals surface area (Å²) in [6.45, 7) is 5.14. The molecule has 0 atom stereocenters. The van der Waals surface area contributed by atoms with Crippen LogP contribution in [-0.4, -0.2) is 39.5 Å². The van der Waals surface area contributed by atoms with E-state index in [1.165, 1.54) is 30.6 Å². The maximum absolute atomic E-state index is 11.6. The van der Waals surface area contributed by atoms with E-state index >= 15 is 0 Å². The molecule has 1 aromatic heterocycles. The van der Waals surface area contributed by atoms with E-state index in [-0.39, 0.29) is 5.70 Å². The summed E-state index contributed by atoms with van der Waals surface area (Å²) in [4.78, 5) is 26.8. The normalized spacial score (nSPS) is 11.9. The van der Waals surface area contributed by atoms with Gasteiger partial charge in [-0.1, -0.05) is 0 Å². The van der Waals surface area contributed by atoms with Gasteiger partial charge in [-0.05, 0) is 20.8 Å². The lowest BCUT2D eigenvalue weighted by Gasteiger charge is -2.19. The number of hydrogen-bond donors (Lipinski definition) is 1. The quantitative estimate of drug-likeness (QED) is 0.642. The molecule has 0 aromatic carbocycles. The summed E-state index contributed by atoms with van der Waals surface area (Å²) >= 11 is 0. The van der Waals surface area contributed by atoms with Crippen LogP contribution in [0.2, 0.25) is 0 Å². The number of hydrogen-bond acceptors (Lipinski definition) is 6. The summed E-state index contributed by atoms with van der Waals surface area (Å²) < 4.78 is 10.8. The van der Waals surface area contributed by atoms with Crippen LogP contribution in [0.4, 0.5) is 4.79 Å². The second-order valence-corrected chi connectivity index (χ2v) is 4.54. The molecule has 0 saturated carbocycles. The Morgan fingerprint density at radius 3 is 2.53 bits per heavy atom. The molecule has 0 saturated heterocycles. The van der Waals surface area contributed by atoms with Crippen molar-refractivity contribution in [1.29, 1.82) is 0 Å². The van der Waals surface area contributed by atoms with Gasteiger partial charge in [0, 0.05) is 0 Å². The van der Waals surface area contributed by atoms with Gasteiger partial charge >= 0.3 is 12.1 Å². The van der Waals surface area contributed by atoms with Crippen LogP contribution < -0.4 is 5.32 Å². The largest absolute Gasteiger partial charge is 0.464 e. The first-order valence-electron chi connectivity index (χ1n) is 5.46. The Balaban J connectivity index is 2.82. The molecule has 0 aliphatic heterocycles. The fraction of sp³-hybridized carbons (Fsp3) is 0.455. The highest BCUT2D eigenvalue weighted by Crippen LogP contribution is 2.07. The van der Waals surface area contributed by atoms with Gasteiger partial charge in [0.05, 0.1) is 13.3 Å². The molecular formula is C11H16N4O4. The smallest absolute Gasteiger partial charge is 0.412 e. The molecular weight excluding hydrogens is 252 g/mol. The molecule has 104 valence electrons. The van der Waals surface area contributed by atoms with Gasteiger partial charge in [0.1, 0.15) is 24.0 Å². The van der Waals surface area contributed by atoms with Crippen LogP contribution in [0.3, 0.4) is 0 Å². The highest BCUT2D eigenvalue weighted by atomic mass is 16.6. The summed E-state index contributed by atoms with van der Waals surface area (Å²) in [6.07, 6.45) is 3.16. The number of nitrogens with one attached hydrogen (secondary N) is 1. The van der Waals surface area contributed by atoms with Crippen molar-refractivity contribution >= 4 is 18.3 Å². The van der Waals surface area contributed by atoms with E-state index in [2.05, 4.69) is 20.1 Å². The first-order chi connectivity index (χ1) is 8.81. The minimum Gasteiger partial charge on any atom is -0.464 e. The van der Waals surface area contributed by atoms with Crippen LogP contribution in [0, 0.1) is 0 Å². The van der Waals surface area contributed by atoms with Gasteiger partial charge in [0.25, 0.3) is 0 Å². The monoisotopic (exact) mass is 268 g/mol. The van der Waals surface area contributed by atoms with Crippen LogP contribution in [0.15, 0.2) is 18.4 Å². The lowest BCUT2D eigenvalue weighted by atomic mass is 10.2. The van der Waals surface area contributed by atoms with Crippen LogP contribution >= 0.6 is 0 Å². The minimum absolute atomic E-state index is 0.109. The number of aromatic nitrogens is 3. The number of alkyl carbamates (subject to hydrolysis) is 1. The zero-order valence-corrected chi connectivity index (χ0v) is 11.2. The van der Waals surface area contributed by atoms with Gasteiger partial charge in [-0.3, -0.25) is 5.32 Å². The van der Waals surface area contributed by atoms with Gasteiger partial charge in [-0.15, -0.1) is 0 Å². The van der Waals surface area contributed by atoms with Crippen molar-refractivity contribution in [2.24, 2.45) is 0 Å². The number of methoxy groups -OCH3 is 1. The van der Waals surface area contributed by atoms with E-state index in [1.807, 2.05) is 0 Å². The van der Waals surface area contributed by atoms with E-state index in [0.29, 0.717) is 0 Å². The lowest BCUT2D eigenvalue weighted by molar-refractivity contribution is -0.136. The zero-order chi connectivity index (χ0) is 14.5. The van der Waals surface area contributed by atoms with Gasteiger partial charge in [-0.25, -0.2) is 19.3 Å². The summed E-state index contributed by atoms with van der Waals surface area (Å²) in [5.41, 5.74) is -0.777. The topological polar surface area (TPSA) is 95.3 Å². The third-order valence-electron chi connectivity index (χ3n) is 1.74. The average Bonchev–Trinajstić information content (AvgIpc) is 2.77. The average molecular weight is 268 g/mol. The van der Waals surface area contributed by atoms with Gasteiger partial charge in [-0.2, -0.15) is 5.10 Å². The molecule has 8 nitrogen and oxygen atoms in total. The molecule has 0 spiro atoms. The van der Waals surface area contributed by atoms with Crippen molar-refractivity contribution in [2.45, 2.75) is 26.4 Å². The molecule has 1 rings (SSSR count). The maximum Gasteiger partial charge on any atom is 0.412 e. The standard InChI is InChI=1S/C11H16N4O4/c1-11(2,3)19-10(17)14-8(9(16)18-4)5-15-7-12-6-13-15/h5-7H,1-4H3,(H,14,17)/b8-5+. The van der Waals surface area contributed by atoms with Crippen molar-refractivity contribution in [3.8, 4) is 0 Å². The molecule has 8 heteroatoms. The molecule has 0 aliphatic rings. The van der Waals surface area contributed by atoms with Gasteiger partial charge in [0.2, 0.25) is 0 Å². The van der Waals surface area contributed by atoms with Crippen molar-refractivity contribution in [3.63, 3.8) is 0 Å². The third kappa shape index (κ3) is 5.19. The fourth-order valence-electron chi connectivity index (χ4n) is 1.08. The van der Waals surface area contributed by atoms with E-state index in [4.69, 9.17) is 4.74 Å². The third-order valence-corrected chi connectivity index (χ3v) is 1.74. The van der Waals surface area contributed by atoms with Crippen LogP contribution in [0.25, 0.3) is 6.20 Å². The Labute approximate surface area is 110 Å². The number of carbonyl (C=O) groups excluding carboxylic acids is 2. The summed E-state index contributed by atoms with van der Waals surface area (Å²) in [6, 6.07) is 0. The Kier molecular flexibility index (Phi) is 4.62. The van der Waals surface area contributed by atoms with E-state index in [9.17, 15) is 9.59 Å². The van der Waals surface area contributed by atoms with Crippen molar-refractivity contribution in [2.75, 3.05) is 7.11 Å². The summed E-state index contributed by atoms with van der Waals surface area (Å²) in [7, 11) is 1.20. The number of rotatable bonds is 3. The highest BCUT2D eigenvalue weighted by molar-refractivity contribution is 5.95. The number of ether oxygens (including phenoxy) is 2. The van der Waals surface area contributed by atoms with Crippen LogP contribution in [0.5, 0.6) is 0 Å². The Bertz CT molecular complexity index is 473. The van der Waals surface area contributed by atoms with E-state index in [1.54, 1.807) is 20.8 Å². The Morgan fingerprint density at radius 2 is 2.05 bits per heavy atom. The molecule has 1 aromatic rings. The predicted octanol–water partition coefficient (Wildman–Crippen LogP) is 0.774. The minimum atomic E-state index is -0.760. The first-order valence-corrected chi connectivity index (χ1v) is 5.46. The number of carbonyl (C=O) groups is 2. The van der Waals surface area contributed by atoms with Crippen molar-refractivity contribution in [1.82, 2.24) is 20.1 Å². The van der Waals surface area contributed by atoms with Gasteiger partial charge in [0.15, 0.2) is 0 Å². The van der Waals surface area contributed by atoms with E-state index in [0.717, 1.165) is 0 Å². The summed E-state index contributed by atoms with van der Waals surface area (Å²) in [5, 5.41) is 6.08. The predicted molar refractivity (Wildman–Crippen MR) is 65.7 cm³/mol. The summed E-state index contributed by atoms with van der Waals surface area (Å²) in [5.74, 6) is -0.721. The molecule has 1 heterocycles. The van der Waals surface area contributed by atoms with Crippen LogP contribution in [0.1, 0.15) is 20.8 Å². The van der Waals surface area contributed by atoms with E-state index < -0.39 is 17.7 Å². The highest BCUT2D eigenvalue weighted by Gasteiger charge is 2.20. The molecule has 0 aliphatic carbocycles. The lowest BCUT2D eigenvalue weighted by Crippen LogP contribution is -2.34. The van der Waals surface area contributed by atoms with Crippen molar-refractivity contribution in [3.05, 3.63) is 18.4 Å². The molecule has 0 fully saturated rings. The molecule has 0 bridgehead atoms. The molecule has 0 unspecified atom stereocenters. The van der Waals surface area contributed by atoms with Crippen molar-refractivity contribution < 1.29 is 19.1 Å². The molecule has 1 N–H and O–H groups in total. The second kappa shape index (κ2) is 5.98. The molecule has 0 radical (unpaired) electrons. The number of esters is 1. The zero-order valence-electron chi connectivity index (χ0n) is 11.2. The number of nitrogens with zero attached hydrogens (tertiary/aromatic N) is 3. The SMILES string of the molecule is COC(=O)/C(=C\n1cncn1)NC(=O)OC(C)(C)C. The van der Waals surface area contributed by atoms with Gasteiger partial charge < -0.3 is 9.47 Å². The fourth-order valence-corrected chi connectivity index (χ4v) is 1.08. The second-order valence-electron chi connectivity index (χ2n) is 4.54.